The summed E-state index contributed by atoms with van der Waals surface area (Å²) in [7, 11) is 2.03. The summed E-state index contributed by atoms with van der Waals surface area (Å²) in [5.74, 6) is 1.79. The molecule has 0 aliphatic heterocycles. The number of carbonyl (C=O) groups is 1. The van der Waals surface area contributed by atoms with Gasteiger partial charge in [-0.1, -0.05) is 18.9 Å². The van der Waals surface area contributed by atoms with Crippen molar-refractivity contribution in [1.29, 1.82) is 0 Å². The summed E-state index contributed by atoms with van der Waals surface area (Å²) in [6, 6.07) is 0. The summed E-state index contributed by atoms with van der Waals surface area (Å²) in [5.41, 5.74) is 3.01. The SMILES string of the molecule is CNCC[C@@]1(C)[C@@H]2CC[C@@H](CCCCO)[C@]13CC(=O)C(C)=C3C2. The van der Waals surface area contributed by atoms with Crippen molar-refractivity contribution in [3.63, 3.8) is 0 Å². The lowest BCUT2D eigenvalue weighted by molar-refractivity contribution is -0.121. The van der Waals surface area contributed by atoms with Crippen LogP contribution in [0.25, 0.3) is 0 Å². The van der Waals surface area contributed by atoms with Gasteiger partial charge in [0.15, 0.2) is 5.78 Å². The van der Waals surface area contributed by atoms with Crippen molar-refractivity contribution in [3.8, 4) is 0 Å². The van der Waals surface area contributed by atoms with Crippen LogP contribution in [-0.2, 0) is 4.79 Å². The maximum atomic E-state index is 12.6. The molecule has 23 heavy (non-hydrogen) atoms. The zero-order chi connectivity index (χ0) is 16.7. The van der Waals surface area contributed by atoms with Crippen molar-refractivity contribution < 1.29 is 9.90 Å². The van der Waals surface area contributed by atoms with Crippen molar-refractivity contribution in [2.75, 3.05) is 20.2 Å². The highest BCUT2D eigenvalue weighted by molar-refractivity contribution is 6.00. The highest BCUT2D eigenvalue weighted by Crippen LogP contribution is 2.73. The molecular formula is C20H33NO2. The summed E-state index contributed by atoms with van der Waals surface area (Å²) in [5, 5.41) is 12.5. The van der Waals surface area contributed by atoms with E-state index in [1.807, 2.05) is 7.05 Å². The summed E-state index contributed by atoms with van der Waals surface area (Å²) < 4.78 is 0. The van der Waals surface area contributed by atoms with Crippen molar-refractivity contribution in [3.05, 3.63) is 11.1 Å². The third kappa shape index (κ3) is 2.34. The van der Waals surface area contributed by atoms with Gasteiger partial charge in [0, 0.05) is 18.4 Å². The zero-order valence-corrected chi connectivity index (χ0v) is 15.1. The number of hydrogen-bond donors (Lipinski definition) is 2. The second-order valence-corrected chi connectivity index (χ2v) is 8.34. The average molecular weight is 319 g/mol. The van der Waals surface area contributed by atoms with Gasteiger partial charge in [0.25, 0.3) is 0 Å². The fourth-order valence-corrected chi connectivity index (χ4v) is 6.34. The fraction of sp³-hybridized carbons (Fsp3) is 0.850. The molecule has 0 amide bonds. The molecule has 3 rings (SSSR count). The molecule has 0 radical (unpaired) electrons. The van der Waals surface area contributed by atoms with Gasteiger partial charge in [0.2, 0.25) is 0 Å². The molecule has 0 aromatic carbocycles. The highest BCUT2D eigenvalue weighted by atomic mass is 16.2. The Kier molecular flexibility index (Phi) is 4.72. The Morgan fingerprint density at radius 3 is 2.78 bits per heavy atom. The normalized spacial score (nSPS) is 39.2. The molecule has 3 heteroatoms. The first kappa shape index (κ1) is 17.2. The van der Waals surface area contributed by atoms with Crippen LogP contribution in [0.15, 0.2) is 11.1 Å². The number of aliphatic hydroxyl groups is 1. The second-order valence-electron chi connectivity index (χ2n) is 8.34. The molecule has 4 atom stereocenters. The standard InChI is InChI=1S/C20H33NO2/c1-14-17-12-16-8-7-15(6-4-5-11-22)20(17,13-18(14)23)19(16,2)9-10-21-3/h15-16,21-22H,4-13H2,1-3H3/t15-,16-,19+,20+/m1/s1. The Morgan fingerprint density at radius 2 is 2.09 bits per heavy atom. The molecule has 0 heterocycles. The van der Waals surface area contributed by atoms with Gasteiger partial charge in [-0.25, -0.2) is 0 Å². The van der Waals surface area contributed by atoms with Crippen molar-refractivity contribution >= 4 is 5.78 Å². The number of fused-ring (bicyclic) bond motifs is 1. The number of ketones is 1. The summed E-state index contributed by atoms with van der Waals surface area (Å²) in [6.45, 7) is 5.89. The molecule has 2 saturated carbocycles. The lowest BCUT2D eigenvalue weighted by Gasteiger charge is -2.54. The molecule has 2 fully saturated rings. The van der Waals surface area contributed by atoms with E-state index in [2.05, 4.69) is 19.2 Å². The topological polar surface area (TPSA) is 49.3 Å². The first-order valence-corrected chi connectivity index (χ1v) is 9.50. The Labute approximate surface area is 140 Å². The molecule has 3 aliphatic carbocycles. The largest absolute Gasteiger partial charge is 0.396 e. The van der Waals surface area contributed by atoms with Crippen molar-refractivity contribution in [1.82, 2.24) is 5.32 Å². The zero-order valence-electron chi connectivity index (χ0n) is 15.1. The Hall–Kier alpha value is -0.670. The molecular weight excluding hydrogens is 286 g/mol. The van der Waals surface area contributed by atoms with Gasteiger partial charge in [-0.3, -0.25) is 4.79 Å². The van der Waals surface area contributed by atoms with E-state index in [1.54, 1.807) is 0 Å². The van der Waals surface area contributed by atoms with E-state index in [1.165, 1.54) is 31.3 Å². The van der Waals surface area contributed by atoms with Crippen LogP contribution in [0.1, 0.15) is 65.2 Å². The quantitative estimate of drug-likeness (QED) is 0.706. The predicted octanol–water partition coefficient (Wildman–Crippen LogP) is 3.47. The van der Waals surface area contributed by atoms with E-state index in [9.17, 15) is 4.79 Å². The van der Waals surface area contributed by atoms with Gasteiger partial charge in [-0.05, 0) is 81.9 Å². The van der Waals surface area contributed by atoms with Crippen LogP contribution < -0.4 is 5.32 Å². The van der Waals surface area contributed by atoms with Gasteiger partial charge in [-0.2, -0.15) is 0 Å². The molecule has 0 unspecified atom stereocenters. The number of aliphatic hydroxyl groups excluding tert-OH is 1. The number of hydrogen-bond acceptors (Lipinski definition) is 3. The van der Waals surface area contributed by atoms with Gasteiger partial charge < -0.3 is 10.4 Å². The third-order valence-electron chi connectivity index (χ3n) is 7.64. The van der Waals surface area contributed by atoms with E-state index in [4.69, 9.17) is 5.11 Å². The fourth-order valence-electron chi connectivity index (χ4n) is 6.34. The molecule has 130 valence electrons. The van der Waals surface area contributed by atoms with Crippen LogP contribution in [-0.4, -0.2) is 31.1 Å². The van der Waals surface area contributed by atoms with E-state index in [0.717, 1.165) is 43.7 Å². The minimum atomic E-state index is 0.128. The molecule has 0 aromatic heterocycles. The van der Waals surface area contributed by atoms with Crippen LogP contribution >= 0.6 is 0 Å². The maximum Gasteiger partial charge on any atom is 0.159 e. The lowest BCUT2D eigenvalue weighted by atomic mass is 9.50. The van der Waals surface area contributed by atoms with E-state index >= 15 is 0 Å². The highest BCUT2D eigenvalue weighted by Gasteiger charge is 2.67. The van der Waals surface area contributed by atoms with Crippen LogP contribution in [0.5, 0.6) is 0 Å². The molecule has 1 spiro atoms. The lowest BCUT2D eigenvalue weighted by Crippen LogP contribution is -2.49. The minimum absolute atomic E-state index is 0.128. The monoisotopic (exact) mass is 319 g/mol. The Morgan fingerprint density at radius 1 is 1.30 bits per heavy atom. The summed E-state index contributed by atoms with van der Waals surface area (Å²) in [6.07, 6.45) is 8.85. The van der Waals surface area contributed by atoms with Crippen LogP contribution in [0.3, 0.4) is 0 Å². The first-order chi connectivity index (χ1) is 11.0. The molecule has 0 aromatic rings. The predicted molar refractivity (Wildman–Crippen MR) is 93.2 cm³/mol. The molecule has 2 bridgehead atoms. The van der Waals surface area contributed by atoms with Gasteiger partial charge in [0.1, 0.15) is 0 Å². The van der Waals surface area contributed by atoms with Crippen LogP contribution in [0.2, 0.25) is 0 Å². The van der Waals surface area contributed by atoms with Crippen LogP contribution in [0, 0.1) is 22.7 Å². The number of carbonyl (C=O) groups excluding carboxylic acids is 1. The summed E-state index contributed by atoms with van der Waals surface area (Å²) in [4.78, 5) is 12.6. The molecule has 0 saturated heterocycles. The molecule has 3 aliphatic rings. The second kappa shape index (κ2) is 6.33. The number of rotatable bonds is 7. The molecule has 3 nitrogen and oxygen atoms in total. The first-order valence-electron chi connectivity index (χ1n) is 9.50. The number of nitrogens with one attached hydrogen (secondary N) is 1. The smallest absolute Gasteiger partial charge is 0.159 e. The van der Waals surface area contributed by atoms with Gasteiger partial charge in [-0.15, -0.1) is 0 Å². The summed E-state index contributed by atoms with van der Waals surface area (Å²) >= 11 is 0. The van der Waals surface area contributed by atoms with Gasteiger partial charge >= 0.3 is 0 Å². The minimum Gasteiger partial charge on any atom is -0.396 e. The maximum absolute atomic E-state index is 12.6. The van der Waals surface area contributed by atoms with Crippen molar-refractivity contribution in [2.24, 2.45) is 22.7 Å². The number of allylic oxidation sites excluding steroid dienone is 2. The van der Waals surface area contributed by atoms with E-state index in [-0.39, 0.29) is 10.8 Å². The van der Waals surface area contributed by atoms with E-state index < -0.39 is 0 Å². The molecule has 2 N–H and O–H groups in total. The van der Waals surface area contributed by atoms with Gasteiger partial charge in [0.05, 0.1) is 0 Å². The Bertz CT molecular complexity index is 512. The van der Waals surface area contributed by atoms with Crippen LogP contribution in [0.4, 0.5) is 0 Å². The van der Waals surface area contributed by atoms with E-state index in [0.29, 0.717) is 18.3 Å². The van der Waals surface area contributed by atoms with Crippen molar-refractivity contribution in [2.45, 2.75) is 65.2 Å². The average Bonchev–Trinajstić information content (AvgIpc) is 2.83. The number of Topliss-reactive ketones (excluding diaryl/α,β-unsaturated/α-hetero) is 1. The third-order valence-corrected chi connectivity index (χ3v) is 7.64. The Balaban J connectivity index is 1.97. The number of unbranched alkanes of at least 4 members (excludes halogenated alkanes) is 1.